The van der Waals surface area contributed by atoms with E-state index in [1.165, 1.54) is 0 Å². The average molecular weight is 294 g/mol. The molecule has 1 aliphatic heterocycles. The molecule has 2 heterocycles. The third kappa shape index (κ3) is 3.07. The van der Waals surface area contributed by atoms with E-state index in [1.54, 1.807) is 11.8 Å². The number of hydrogen-bond acceptors (Lipinski definition) is 5. The molecule has 7 heteroatoms. The van der Waals surface area contributed by atoms with Gasteiger partial charge in [0.2, 0.25) is 5.76 Å². The fraction of sp³-hybridized carbons (Fsp3) is 0.643. The summed E-state index contributed by atoms with van der Waals surface area (Å²) in [6.07, 6.45) is 1.55. The van der Waals surface area contributed by atoms with E-state index in [-0.39, 0.29) is 24.6 Å². The maximum absolute atomic E-state index is 12.5. The summed E-state index contributed by atoms with van der Waals surface area (Å²) in [6.45, 7) is 2.81. The Morgan fingerprint density at radius 1 is 1.43 bits per heavy atom. The second kappa shape index (κ2) is 5.48. The van der Waals surface area contributed by atoms with E-state index in [0.29, 0.717) is 30.7 Å². The number of aliphatic carboxylic acids is 1. The molecule has 1 atom stereocenters. The first-order valence-electron chi connectivity index (χ1n) is 7.14. The highest BCUT2D eigenvalue weighted by atomic mass is 16.5. The molecule has 1 aromatic rings. The number of carboxylic acid groups (broad SMARTS) is 1. The van der Waals surface area contributed by atoms with Gasteiger partial charge in [-0.15, -0.1) is 0 Å². The highest BCUT2D eigenvalue weighted by Crippen LogP contribution is 2.40. The van der Waals surface area contributed by atoms with Crippen molar-refractivity contribution in [2.75, 3.05) is 19.7 Å². The third-order valence-corrected chi connectivity index (χ3v) is 3.76. The maximum atomic E-state index is 12.5. The minimum atomic E-state index is -0.929. The molecular weight excluding hydrogens is 276 g/mol. The lowest BCUT2D eigenvalue weighted by molar-refractivity contribution is -0.141. The van der Waals surface area contributed by atoms with Gasteiger partial charge in [-0.2, -0.15) is 0 Å². The summed E-state index contributed by atoms with van der Waals surface area (Å²) in [7, 11) is 0. The number of nitrogens with zero attached hydrogens (tertiary/aromatic N) is 2. The van der Waals surface area contributed by atoms with Crippen LogP contribution < -0.4 is 0 Å². The maximum Gasteiger partial charge on any atom is 0.306 e. The van der Waals surface area contributed by atoms with Crippen molar-refractivity contribution < 1.29 is 23.8 Å². The molecule has 3 rings (SSSR count). The van der Waals surface area contributed by atoms with Crippen molar-refractivity contribution in [3.05, 3.63) is 17.3 Å². The Morgan fingerprint density at radius 3 is 2.86 bits per heavy atom. The monoisotopic (exact) mass is 294 g/mol. The molecule has 21 heavy (non-hydrogen) atoms. The van der Waals surface area contributed by atoms with Crippen LogP contribution in [0.15, 0.2) is 4.42 Å². The second-order valence-corrected chi connectivity index (χ2v) is 5.58. The van der Waals surface area contributed by atoms with Crippen molar-refractivity contribution in [2.24, 2.45) is 0 Å². The largest absolute Gasteiger partial charge is 0.481 e. The van der Waals surface area contributed by atoms with Crippen molar-refractivity contribution in [2.45, 2.75) is 38.2 Å². The van der Waals surface area contributed by atoms with Crippen LogP contribution in [0.25, 0.3) is 0 Å². The van der Waals surface area contributed by atoms with Crippen LogP contribution in [0.4, 0.5) is 0 Å². The van der Waals surface area contributed by atoms with Crippen LogP contribution >= 0.6 is 0 Å². The summed E-state index contributed by atoms with van der Waals surface area (Å²) in [5.74, 6) is 0.112. The van der Waals surface area contributed by atoms with E-state index in [0.717, 1.165) is 12.8 Å². The van der Waals surface area contributed by atoms with E-state index in [9.17, 15) is 9.59 Å². The zero-order valence-corrected chi connectivity index (χ0v) is 11.9. The molecule has 1 N–H and O–H groups in total. The Morgan fingerprint density at radius 2 is 2.19 bits per heavy atom. The Hall–Kier alpha value is -1.89. The SMILES string of the molecule is Cc1nc(C2CC2)oc1C(=O)N1CCOC(CC(=O)O)C1. The van der Waals surface area contributed by atoms with Crippen LogP contribution in [0.1, 0.15) is 47.3 Å². The summed E-state index contributed by atoms with van der Waals surface area (Å²) >= 11 is 0. The first kappa shape index (κ1) is 14.1. The number of carbonyl (C=O) groups excluding carboxylic acids is 1. The predicted molar refractivity (Wildman–Crippen MR) is 71.1 cm³/mol. The summed E-state index contributed by atoms with van der Waals surface area (Å²) in [6, 6.07) is 0. The van der Waals surface area contributed by atoms with Crippen LogP contribution in [0.2, 0.25) is 0 Å². The van der Waals surface area contributed by atoms with Crippen LogP contribution in [-0.4, -0.2) is 52.7 Å². The zero-order valence-electron chi connectivity index (χ0n) is 11.9. The highest BCUT2D eigenvalue weighted by molar-refractivity contribution is 5.92. The molecule has 114 valence electrons. The minimum absolute atomic E-state index is 0.105. The molecule has 1 unspecified atom stereocenters. The first-order chi connectivity index (χ1) is 10.0. The molecular formula is C14H18N2O5. The normalized spacial score (nSPS) is 22.3. The number of ether oxygens (including phenoxy) is 1. The Balaban J connectivity index is 1.70. The van der Waals surface area contributed by atoms with E-state index in [4.69, 9.17) is 14.3 Å². The number of aromatic nitrogens is 1. The van der Waals surface area contributed by atoms with Crippen molar-refractivity contribution in [1.82, 2.24) is 9.88 Å². The molecule has 1 aromatic heterocycles. The molecule has 0 aromatic carbocycles. The molecule has 2 aliphatic rings. The van der Waals surface area contributed by atoms with Crippen LogP contribution in [0, 0.1) is 6.92 Å². The number of oxazole rings is 1. The quantitative estimate of drug-likeness (QED) is 0.896. The number of aryl methyl sites for hydroxylation is 1. The fourth-order valence-corrected chi connectivity index (χ4v) is 2.49. The van der Waals surface area contributed by atoms with E-state index < -0.39 is 12.1 Å². The summed E-state index contributed by atoms with van der Waals surface area (Å²) in [4.78, 5) is 29.1. The van der Waals surface area contributed by atoms with Gasteiger partial charge in [0.15, 0.2) is 5.89 Å². The van der Waals surface area contributed by atoms with Gasteiger partial charge in [-0.1, -0.05) is 0 Å². The second-order valence-electron chi connectivity index (χ2n) is 5.58. The first-order valence-corrected chi connectivity index (χ1v) is 7.14. The minimum Gasteiger partial charge on any atom is -0.481 e. The number of amides is 1. The van der Waals surface area contributed by atoms with Crippen molar-refractivity contribution in [3.8, 4) is 0 Å². The van der Waals surface area contributed by atoms with Gasteiger partial charge in [-0.3, -0.25) is 9.59 Å². The van der Waals surface area contributed by atoms with E-state index in [1.807, 2.05) is 0 Å². The number of morpholine rings is 1. The summed E-state index contributed by atoms with van der Waals surface area (Å²) in [5, 5.41) is 8.81. The Bertz CT molecular complexity index is 564. The van der Waals surface area contributed by atoms with Gasteiger partial charge < -0.3 is 19.2 Å². The molecule has 7 nitrogen and oxygen atoms in total. The lowest BCUT2D eigenvalue weighted by Crippen LogP contribution is -2.46. The van der Waals surface area contributed by atoms with Crippen molar-refractivity contribution in [3.63, 3.8) is 0 Å². The molecule has 0 spiro atoms. The molecule has 1 amide bonds. The van der Waals surface area contributed by atoms with Crippen LogP contribution in [0.5, 0.6) is 0 Å². The van der Waals surface area contributed by atoms with Gasteiger partial charge in [0.1, 0.15) is 0 Å². The third-order valence-electron chi connectivity index (χ3n) is 3.76. The number of carbonyl (C=O) groups is 2. The Labute approximate surface area is 121 Å². The molecule has 0 bridgehead atoms. The van der Waals surface area contributed by atoms with Gasteiger partial charge in [0.25, 0.3) is 5.91 Å². The predicted octanol–water partition coefficient (Wildman–Crippen LogP) is 1.18. The lowest BCUT2D eigenvalue weighted by atomic mass is 10.2. The highest BCUT2D eigenvalue weighted by Gasteiger charge is 2.33. The standard InChI is InChI=1S/C14H18N2O5/c1-8-12(21-13(15-8)9-2-3-9)14(19)16-4-5-20-10(7-16)6-11(17)18/h9-10H,2-7H2,1H3,(H,17,18). The average Bonchev–Trinajstić information content (AvgIpc) is 3.21. The smallest absolute Gasteiger partial charge is 0.306 e. The number of carboxylic acids is 1. The van der Waals surface area contributed by atoms with Gasteiger partial charge in [0, 0.05) is 19.0 Å². The fourth-order valence-electron chi connectivity index (χ4n) is 2.49. The van der Waals surface area contributed by atoms with E-state index >= 15 is 0 Å². The zero-order chi connectivity index (χ0) is 15.0. The van der Waals surface area contributed by atoms with Gasteiger partial charge in [-0.25, -0.2) is 4.98 Å². The van der Waals surface area contributed by atoms with Crippen molar-refractivity contribution >= 4 is 11.9 Å². The molecule has 2 fully saturated rings. The number of rotatable bonds is 4. The van der Waals surface area contributed by atoms with Gasteiger partial charge in [-0.05, 0) is 19.8 Å². The molecule has 1 aliphatic carbocycles. The Kier molecular flexibility index (Phi) is 3.67. The molecule has 1 saturated carbocycles. The number of hydrogen-bond donors (Lipinski definition) is 1. The topological polar surface area (TPSA) is 92.9 Å². The van der Waals surface area contributed by atoms with Crippen LogP contribution in [-0.2, 0) is 9.53 Å². The summed E-state index contributed by atoms with van der Waals surface area (Å²) in [5.41, 5.74) is 0.600. The molecule has 1 saturated heterocycles. The summed E-state index contributed by atoms with van der Waals surface area (Å²) < 4.78 is 11.0. The van der Waals surface area contributed by atoms with Crippen molar-refractivity contribution in [1.29, 1.82) is 0 Å². The van der Waals surface area contributed by atoms with Gasteiger partial charge >= 0.3 is 5.97 Å². The van der Waals surface area contributed by atoms with Crippen LogP contribution in [0.3, 0.4) is 0 Å². The van der Waals surface area contributed by atoms with E-state index in [2.05, 4.69) is 4.98 Å². The lowest BCUT2D eigenvalue weighted by Gasteiger charge is -2.31. The molecule has 0 radical (unpaired) electrons. The van der Waals surface area contributed by atoms with Gasteiger partial charge in [0.05, 0.1) is 24.8 Å².